The van der Waals surface area contributed by atoms with E-state index in [0.717, 1.165) is 39.9 Å². The van der Waals surface area contributed by atoms with E-state index in [1.165, 1.54) is 6.20 Å². The van der Waals surface area contributed by atoms with Crippen molar-refractivity contribution in [2.24, 2.45) is 9.50 Å². The molecule has 0 saturated carbocycles. The van der Waals surface area contributed by atoms with Crippen molar-refractivity contribution >= 4 is 15.8 Å². The number of carbonyl (C=O) groups excluding carboxylic acids is 1. The number of hydrogen-bond donors (Lipinski definition) is 2. The van der Waals surface area contributed by atoms with Gasteiger partial charge in [-0.2, -0.15) is 0 Å². The fourth-order valence-electron chi connectivity index (χ4n) is 4.16. The van der Waals surface area contributed by atoms with E-state index in [9.17, 15) is 13.8 Å². The van der Waals surface area contributed by atoms with E-state index < -0.39 is 21.5 Å². The Morgan fingerprint density at radius 2 is 1.64 bits per heavy atom. The molecule has 2 aromatic carbocycles. The molecule has 0 radical (unpaired) electrons. The lowest BCUT2D eigenvalue weighted by Crippen LogP contribution is -2.17. The van der Waals surface area contributed by atoms with Crippen LogP contribution in [0.4, 0.5) is 0 Å². The van der Waals surface area contributed by atoms with Crippen molar-refractivity contribution in [3.8, 4) is 11.1 Å². The maximum Gasteiger partial charge on any atom is 0.344 e. The summed E-state index contributed by atoms with van der Waals surface area (Å²) in [5.41, 5.74) is 5.17. The highest BCUT2D eigenvalue weighted by molar-refractivity contribution is 7.91. The molecule has 3 aromatic rings. The van der Waals surface area contributed by atoms with Crippen LogP contribution in [0.3, 0.4) is 0 Å². The van der Waals surface area contributed by atoms with E-state index in [1.807, 2.05) is 43.3 Å². The molecule has 3 rings (SSSR count). The van der Waals surface area contributed by atoms with Crippen LogP contribution in [0.1, 0.15) is 61.8 Å². The molecule has 1 heterocycles. The van der Waals surface area contributed by atoms with E-state index in [4.69, 9.17) is 5.14 Å². The van der Waals surface area contributed by atoms with Crippen molar-refractivity contribution in [1.82, 2.24) is 14.9 Å². The summed E-state index contributed by atoms with van der Waals surface area (Å²) in [6.45, 7) is 8.96. The van der Waals surface area contributed by atoms with Crippen LogP contribution in [-0.4, -0.2) is 39.1 Å². The Labute approximate surface area is 213 Å². The molecule has 192 valence electrons. The van der Waals surface area contributed by atoms with Crippen LogP contribution >= 0.6 is 0 Å². The zero-order valence-electron chi connectivity index (χ0n) is 21.7. The fraction of sp³-hybridized carbons (Fsp3) is 0.370. The molecule has 8 nitrogen and oxygen atoms in total. The molecule has 0 spiro atoms. The first-order valence-electron chi connectivity index (χ1n) is 11.9. The quantitative estimate of drug-likeness (QED) is 0.471. The largest absolute Gasteiger partial charge is 0.344 e. The van der Waals surface area contributed by atoms with Crippen molar-refractivity contribution < 1.29 is 9.00 Å². The Morgan fingerprint density at radius 3 is 2.11 bits per heavy atom. The van der Waals surface area contributed by atoms with E-state index in [2.05, 4.69) is 42.0 Å². The Balaban J connectivity index is 1.99. The summed E-state index contributed by atoms with van der Waals surface area (Å²) in [5.74, 6) is -0.290. The third-order valence-electron chi connectivity index (χ3n) is 5.89. The van der Waals surface area contributed by atoms with Crippen LogP contribution < -0.4 is 10.8 Å². The van der Waals surface area contributed by atoms with Crippen LogP contribution in [-0.2, 0) is 27.7 Å². The number of hydrogen-bond acceptors (Lipinski definition) is 5. The lowest BCUT2D eigenvalue weighted by atomic mass is 9.84. The highest BCUT2D eigenvalue weighted by Gasteiger charge is 2.20. The number of aromatic amines is 1. The van der Waals surface area contributed by atoms with E-state index in [1.54, 1.807) is 18.3 Å². The van der Waals surface area contributed by atoms with Gasteiger partial charge in [-0.3, -0.25) is 4.79 Å². The molecule has 1 atom stereocenters. The average Bonchev–Trinajstić information content (AvgIpc) is 2.79. The first-order chi connectivity index (χ1) is 16.9. The molecule has 36 heavy (non-hydrogen) atoms. The van der Waals surface area contributed by atoms with Gasteiger partial charge in [-0.25, -0.2) is 19.1 Å². The van der Waals surface area contributed by atoms with Crippen LogP contribution in [0.25, 0.3) is 11.1 Å². The molecular weight excluding hydrogens is 474 g/mol. The van der Waals surface area contributed by atoms with Crippen molar-refractivity contribution in [3.05, 3.63) is 81.5 Å². The van der Waals surface area contributed by atoms with Gasteiger partial charge in [0.1, 0.15) is 9.92 Å². The van der Waals surface area contributed by atoms with E-state index in [0.29, 0.717) is 4.90 Å². The van der Waals surface area contributed by atoms with Gasteiger partial charge >= 0.3 is 5.69 Å². The molecule has 0 bridgehead atoms. The van der Waals surface area contributed by atoms with Gasteiger partial charge in [0.2, 0.25) is 0 Å². The highest BCUT2D eigenvalue weighted by Crippen LogP contribution is 2.33. The van der Waals surface area contributed by atoms with Crippen LogP contribution in [0.2, 0.25) is 0 Å². The number of nitrogens with two attached hydrogens (primary N) is 1. The minimum atomic E-state index is -3.38. The number of benzene rings is 2. The van der Waals surface area contributed by atoms with Gasteiger partial charge in [0.15, 0.2) is 0 Å². The standard InChI is InChI=1S/C27H35N5O3S/c1-17(2)23-11-20(21-14-29-27(34)30-15-21)12-24(18(3)4)25(23)13-26(33)31-36(28,35)22-9-7-19(8-10-22)16-32(5)6/h7-12,14-15,17-18H,13,16H2,1-6H3,(H,29,30,34)(H2,28,31,33,35). The summed E-state index contributed by atoms with van der Waals surface area (Å²) in [6, 6.07) is 11.1. The minimum Gasteiger partial charge on any atom is -0.312 e. The summed E-state index contributed by atoms with van der Waals surface area (Å²) in [6.07, 6.45) is 3.17. The lowest BCUT2D eigenvalue weighted by Gasteiger charge is -2.21. The number of aromatic nitrogens is 2. The van der Waals surface area contributed by atoms with Gasteiger partial charge in [-0.1, -0.05) is 52.0 Å². The van der Waals surface area contributed by atoms with Crippen molar-refractivity contribution in [3.63, 3.8) is 0 Å². The van der Waals surface area contributed by atoms with Crippen molar-refractivity contribution in [2.75, 3.05) is 14.1 Å². The lowest BCUT2D eigenvalue weighted by molar-refractivity contribution is -0.117. The minimum absolute atomic E-state index is 0.00190. The van der Waals surface area contributed by atoms with Gasteiger partial charge in [-0.05, 0) is 65.9 Å². The monoisotopic (exact) mass is 509 g/mol. The zero-order chi connectivity index (χ0) is 26.6. The number of rotatable bonds is 8. The van der Waals surface area contributed by atoms with Gasteiger partial charge in [0.05, 0.1) is 11.3 Å². The third-order valence-corrected chi connectivity index (χ3v) is 7.32. The molecule has 0 aliphatic heterocycles. The fourth-order valence-corrected chi connectivity index (χ4v) is 5.16. The van der Waals surface area contributed by atoms with E-state index >= 15 is 0 Å². The highest BCUT2D eigenvalue weighted by atomic mass is 32.2. The maximum absolute atomic E-state index is 13.2. The van der Waals surface area contributed by atoms with Gasteiger partial charge in [0, 0.05) is 24.5 Å². The number of H-pyrrole nitrogens is 1. The molecule has 1 unspecified atom stereocenters. The summed E-state index contributed by atoms with van der Waals surface area (Å²) >= 11 is 0. The van der Waals surface area contributed by atoms with Crippen LogP contribution in [0.5, 0.6) is 0 Å². The van der Waals surface area contributed by atoms with Gasteiger partial charge < -0.3 is 9.88 Å². The SMILES string of the molecule is CC(C)c1cc(-c2cnc(=O)[nH]c2)cc(C(C)C)c1CC(=O)N=S(N)(=O)c1ccc(CN(C)C)cc1. The summed E-state index contributed by atoms with van der Waals surface area (Å²) in [4.78, 5) is 33.3. The number of nitrogens with one attached hydrogen (secondary N) is 1. The molecule has 0 saturated heterocycles. The Bertz CT molecular complexity index is 1370. The molecular formula is C27H35N5O3S. The second kappa shape index (κ2) is 11.3. The summed E-state index contributed by atoms with van der Waals surface area (Å²) in [7, 11) is 0.558. The zero-order valence-corrected chi connectivity index (χ0v) is 22.6. The first kappa shape index (κ1) is 27.4. The molecule has 1 aromatic heterocycles. The first-order valence-corrected chi connectivity index (χ1v) is 13.5. The smallest absolute Gasteiger partial charge is 0.312 e. The summed E-state index contributed by atoms with van der Waals surface area (Å²) < 4.78 is 17.1. The Hall–Kier alpha value is -3.14. The summed E-state index contributed by atoms with van der Waals surface area (Å²) in [5, 5.41) is 6.05. The number of amides is 1. The molecule has 1 amide bonds. The average molecular weight is 510 g/mol. The predicted octanol–water partition coefficient (Wildman–Crippen LogP) is 4.22. The van der Waals surface area contributed by atoms with Gasteiger partial charge in [-0.15, -0.1) is 4.36 Å². The molecule has 0 fully saturated rings. The molecule has 9 heteroatoms. The maximum atomic E-state index is 13.2. The molecule has 0 aliphatic rings. The molecule has 3 N–H and O–H groups in total. The normalized spacial score (nSPS) is 13.3. The predicted molar refractivity (Wildman–Crippen MR) is 144 cm³/mol. The molecule has 0 aliphatic carbocycles. The van der Waals surface area contributed by atoms with Crippen LogP contribution in [0, 0.1) is 0 Å². The number of carbonyl (C=O) groups is 1. The second-order valence-corrected chi connectivity index (χ2v) is 11.7. The van der Waals surface area contributed by atoms with Crippen molar-refractivity contribution in [1.29, 1.82) is 0 Å². The van der Waals surface area contributed by atoms with E-state index in [-0.39, 0.29) is 18.3 Å². The second-order valence-electron chi connectivity index (χ2n) is 9.86. The third kappa shape index (κ3) is 6.75. The van der Waals surface area contributed by atoms with Crippen LogP contribution in [0.15, 0.2) is 62.8 Å². The Kier molecular flexibility index (Phi) is 8.60. The Morgan fingerprint density at radius 1 is 1.06 bits per heavy atom. The van der Waals surface area contributed by atoms with Crippen molar-refractivity contribution in [2.45, 2.75) is 57.4 Å². The topological polar surface area (TPSA) is 122 Å². The van der Waals surface area contributed by atoms with Gasteiger partial charge in [0.25, 0.3) is 5.91 Å². The number of nitrogens with zero attached hydrogens (tertiary/aromatic N) is 3.